The first kappa shape index (κ1) is 33.7. The third-order valence-corrected chi connectivity index (χ3v) is 4.78. The number of carboxylic acids is 2. The van der Waals surface area contributed by atoms with Crippen LogP contribution in [0.25, 0.3) is 0 Å². The van der Waals surface area contributed by atoms with E-state index in [0.717, 1.165) is 0 Å². The van der Waals surface area contributed by atoms with E-state index in [1.165, 1.54) is 0 Å². The second kappa shape index (κ2) is 20.9. The number of amides is 3. The van der Waals surface area contributed by atoms with Crippen molar-refractivity contribution in [3.8, 4) is 0 Å². The van der Waals surface area contributed by atoms with Crippen LogP contribution >= 0.6 is 0 Å². The van der Waals surface area contributed by atoms with E-state index in [-0.39, 0.29) is 69.9 Å². The molecule has 2 atom stereocenters. The van der Waals surface area contributed by atoms with Crippen molar-refractivity contribution in [2.75, 3.05) is 39.6 Å². The van der Waals surface area contributed by atoms with Gasteiger partial charge < -0.3 is 45.2 Å². The van der Waals surface area contributed by atoms with Crippen molar-refractivity contribution >= 4 is 36.1 Å². The maximum Gasteiger partial charge on any atom is 0.326 e. The lowest BCUT2D eigenvalue weighted by atomic mass is 10.1. The third-order valence-electron chi connectivity index (χ3n) is 4.78. The highest BCUT2D eigenvalue weighted by atomic mass is 16.6. The van der Waals surface area contributed by atoms with E-state index < -0.39 is 30.1 Å². The summed E-state index contributed by atoms with van der Waals surface area (Å²) < 4.78 is 15.5. The van der Waals surface area contributed by atoms with Gasteiger partial charge in [0.15, 0.2) is 0 Å². The van der Waals surface area contributed by atoms with Crippen molar-refractivity contribution in [3.63, 3.8) is 0 Å². The Kier molecular flexibility index (Phi) is 19.0. The zero-order valence-corrected chi connectivity index (χ0v) is 21.4. The maximum absolute atomic E-state index is 11.9. The fourth-order valence-corrected chi connectivity index (χ4v) is 2.72. The van der Waals surface area contributed by atoms with E-state index in [4.69, 9.17) is 19.3 Å². The van der Waals surface area contributed by atoms with Crippen molar-refractivity contribution < 1.29 is 53.2 Å². The predicted octanol–water partition coefficient (Wildman–Crippen LogP) is 0.0801. The van der Waals surface area contributed by atoms with Gasteiger partial charge in [-0.2, -0.15) is 0 Å². The van der Waals surface area contributed by atoms with Crippen LogP contribution < -0.4 is 16.0 Å². The van der Waals surface area contributed by atoms with Crippen molar-refractivity contribution in [2.24, 2.45) is 5.92 Å². The average molecular weight is 534 g/mol. The summed E-state index contributed by atoms with van der Waals surface area (Å²) in [5.74, 6) is -3.08. The van der Waals surface area contributed by atoms with Crippen LogP contribution in [0, 0.1) is 5.92 Å². The Bertz CT molecular complexity index is 731. The molecule has 0 aromatic heterocycles. The van der Waals surface area contributed by atoms with Crippen LogP contribution in [0.15, 0.2) is 0 Å². The summed E-state index contributed by atoms with van der Waals surface area (Å²) in [4.78, 5) is 67.9. The summed E-state index contributed by atoms with van der Waals surface area (Å²) in [7, 11) is 0. The molecular weight excluding hydrogens is 494 g/mol. The minimum absolute atomic E-state index is 0.0965. The number of nitrogens with one attached hydrogen (secondary N) is 3. The first-order valence-corrected chi connectivity index (χ1v) is 12.1. The van der Waals surface area contributed by atoms with E-state index in [2.05, 4.69) is 16.0 Å². The molecule has 0 heterocycles. The van der Waals surface area contributed by atoms with Crippen molar-refractivity contribution in [3.05, 3.63) is 0 Å². The summed E-state index contributed by atoms with van der Waals surface area (Å²) in [5.41, 5.74) is 0. The van der Waals surface area contributed by atoms with Gasteiger partial charge in [-0.15, -0.1) is 0 Å². The van der Waals surface area contributed by atoms with Crippen LogP contribution in [0.2, 0.25) is 0 Å². The molecular formula is C23H39N3O11. The van der Waals surface area contributed by atoms with Crippen LogP contribution in [-0.2, 0) is 38.2 Å². The summed E-state index contributed by atoms with van der Waals surface area (Å²) in [5, 5.41) is 25.1. The number of aldehydes is 1. The highest BCUT2D eigenvalue weighted by Gasteiger charge is 2.21. The van der Waals surface area contributed by atoms with E-state index in [0.29, 0.717) is 32.3 Å². The van der Waals surface area contributed by atoms with Gasteiger partial charge in [-0.1, -0.05) is 13.8 Å². The molecule has 5 N–H and O–H groups in total. The molecule has 0 spiro atoms. The molecule has 0 bridgehead atoms. The number of unbranched alkanes of at least 4 members (excludes halogenated alkanes) is 1. The van der Waals surface area contributed by atoms with Crippen molar-refractivity contribution in [1.29, 1.82) is 0 Å². The third kappa shape index (κ3) is 19.6. The van der Waals surface area contributed by atoms with Gasteiger partial charge in [-0.25, -0.2) is 9.59 Å². The van der Waals surface area contributed by atoms with Crippen LogP contribution in [0.5, 0.6) is 0 Å². The minimum atomic E-state index is -1.26. The van der Waals surface area contributed by atoms with Gasteiger partial charge in [0.25, 0.3) is 0 Å². The molecule has 0 aromatic rings. The normalized spacial score (nSPS) is 12.3. The number of aliphatic carboxylic acids is 2. The zero-order valence-electron chi connectivity index (χ0n) is 21.4. The second-order valence-corrected chi connectivity index (χ2v) is 8.33. The predicted molar refractivity (Wildman–Crippen MR) is 129 cm³/mol. The van der Waals surface area contributed by atoms with E-state index in [9.17, 15) is 33.9 Å². The van der Waals surface area contributed by atoms with Crippen LogP contribution in [0.1, 0.15) is 52.4 Å². The van der Waals surface area contributed by atoms with Gasteiger partial charge in [0.05, 0.1) is 38.4 Å². The fourth-order valence-electron chi connectivity index (χ4n) is 2.72. The number of urea groups is 1. The SMILES string of the molecule is CC(C)C(=O)OCCOCCOCCC(=O)NCCCC[C@H](NC(=O)N[C@H](C=O)CCC(=O)O)C(=O)O. The Labute approximate surface area is 215 Å². The Hall–Kier alpha value is -3.26. The highest BCUT2D eigenvalue weighted by Crippen LogP contribution is 2.02. The molecule has 37 heavy (non-hydrogen) atoms. The maximum atomic E-state index is 11.9. The van der Waals surface area contributed by atoms with Gasteiger partial charge in [-0.3, -0.25) is 14.4 Å². The molecule has 0 aliphatic carbocycles. The summed E-state index contributed by atoms with van der Waals surface area (Å²) in [6.07, 6.45) is 1.06. The van der Waals surface area contributed by atoms with E-state index in [1.54, 1.807) is 13.8 Å². The Balaban J connectivity index is 3.88. The Morgan fingerprint density at radius 2 is 1.49 bits per heavy atom. The smallest absolute Gasteiger partial charge is 0.326 e. The number of rotatable bonds is 22. The largest absolute Gasteiger partial charge is 0.481 e. The average Bonchev–Trinajstić information content (AvgIpc) is 2.83. The van der Waals surface area contributed by atoms with Crippen molar-refractivity contribution in [2.45, 2.75) is 64.5 Å². The summed E-state index contributed by atoms with van der Waals surface area (Å²) >= 11 is 0. The lowest BCUT2D eigenvalue weighted by Crippen LogP contribution is -2.49. The first-order valence-electron chi connectivity index (χ1n) is 12.1. The molecule has 0 radical (unpaired) electrons. The van der Waals surface area contributed by atoms with Crippen LogP contribution in [0.3, 0.4) is 0 Å². The monoisotopic (exact) mass is 533 g/mol. The molecule has 0 aliphatic heterocycles. The van der Waals surface area contributed by atoms with Crippen LogP contribution in [0.4, 0.5) is 4.79 Å². The lowest BCUT2D eigenvalue weighted by molar-refractivity contribution is -0.149. The number of hydrogen-bond donors (Lipinski definition) is 5. The molecule has 0 saturated carbocycles. The number of carbonyl (C=O) groups excluding carboxylic acids is 4. The zero-order chi connectivity index (χ0) is 28.1. The van der Waals surface area contributed by atoms with Gasteiger partial charge in [0.1, 0.15) is 18.9 Å². The number of ether oxygens (including phenoxy) is 3. The molecule has 14 heteroatoms. The lowest BCUT2D eigenvalue weighted by Gasteiger charge is -2.17. The Morgan fingerprint density at radius 3 is 2.08 bits per heavy atom. The first-order chi connectivity index (χ1) is 17.6. The van der Waals surface area contributed by atoms with Crippen LogP contribution in [-0.4, -0.2) is 98.0 Å². The van der Waals surface area contributed by atoms with Gasteiger partial charge in [0.2, 0.25) is 5.91 Å². The molecule has 0 saturated heterocycles. The minimum Gasteiger partial charge on any atom is -0.481 e. The molecule has 0 fully saturated rings. The van der Waals surface area contributed by atoms with Gasteiger partial charge >= 0.3 is 23.9 Å². The fraction of sp³-hybridized carbons (Fsp3) is 0.739. The molecule has 0 rings (SSSR count). The standard InChI is InChI=1S/C23H39N3O11/c1-16(2)22(33)37-14-13-36-12-11-35-10-8-19(28)24-9-4-3-5-18(21(31)32)26-23(34)25-17(15-27)6-7-20(29)30/h15-18H,3-14H2,1-2H3,(H,24,28)(H,29,30)(H,31,32)(H2,25,26,34)/t17-,18-/m0/s1. The number of carboxylic acid groups (broad SMARTS) is 2. The van der Waals surface area contributed by atoms with E-state index >= 15 is 0 Å². The van der Waals surface area contributed by atoms with Gasteiger partial charge in [0, 0.05) is 19.4 Å². The van der Waals surface area contributed by atoms with E-state index in [1.807, 2.05) is 0 Å². The second-order valence-electron chi connectivity index (χ2n) is 8.33. The molecule has 212 valence electrons. The quantitative estimate of drug-likeness (QED) is 0.0715. The van der Waals surface area contributed by atoms with Crippen molar-refractivity contribution in [1.82, 2.24) is 16.0 Å². The molecule has 14 nitrogen and oxygen atoms in total. The highest BCUT2D eigenvalue weighted by molar-refractivity contribution is 5.84. The molecule has 0 unspecified atom stereocenters. The molecule has 0 aromatic carbocycles. The molecule has 3 amide bonds. The topological polar surface area (TPSA) is 207 Å². The Morgan fingerprint density at radius 1 is 0.838 bits per heavy atom. The summed E-state index contributed by atoms with van der Waals surface area (Å²) in [6.45, 7) is 5.02. The number of hydrogen-bond acceptors (Lipinski definition) is 9. The number of esters is 1. The summed E-state index contributed by atoms with van der Waals surface area (Å²) in [6, 6.07) is -3.14. The van der Waals surface area contributed by atoms with Gasteiger partial charge in [-0.05, 0) is 25.7 Å². The molecule has 0 aliphatic rings. The number of carbonyl (C=O) groups is 6.